The predicted molar refractivity (Wildman–Crippen MR) is 80.9 cm³/mol. The maximum Gasteiger partial charge on any atom is 0.233 e. The number of carbonyl (C=O) groups is 1. The number of hydrogen-bond acceptors (Lipinski definition) is 3. The summed E-state index contributed by atoms with van der Waals surface area (Å²) in [6.45, 7) is 1.76. The third-order valence-electron chi connectivity index (χ3n) is 4.12. The van der Waals surface area contributed by atoms with Gasteiger partial charge >= 0.3 is 0 Å². The summed E-state index contributed by atoms with van der Waals surface area (Å²) in [5.41, 5.74) is 0. The van der Waals surface area contributed by atoms with Crippen molar-refractivity contribution in [3.8, 4) is 0 Å². The van der Waals surface area contributed by atoms with Crippen LogP contribution >= 0.6 is 11.8 Å². The Labute approximate surface area is 124 Å². The molecule has 20 heavy (non-hydrogen) atoms. The predicted octanol–water partition coefficient (Wildman–Crippen LogP) is 2.95. The lowest BCUT2D eigenvalue weighted by molar-refractivity contribution is -0.131. The van der Waals surface area contributed by atoms with Crippen LogP contribution in [0.2, 0.25) is 0 Å². The molecule has 2 saturated heterocycles. The topological polar surface area (TPSA) is 29.5 Å². The molecule has 2 atom stereocenters. The summed E-state index contributed by atoms with van der Waals surface area (Å²) in [6, 6.07) is 10.5. The zero-order chi connectivity index (χ0) is 13.8. The van der Waals surface area contributed by atoms with E-state index in [1.165, 1.54) is 0 Å². The first-order valence-corrected chi connectivity index (χ1v) is 8.42. The lowest BCUT2D eigenvalue weighted by atomic mass is 10.1. The van der Waals surface area contributed by atoms with Crippen molar-refractivity contribution in [2.75, 3.05) is 18.9 Å². The molecule has 0 spiro atoms. The van der Waals surface area contributed by atoms with Crippen molar-refractivity contribution in [2.45, 2.75) is 42.7 Å². The van der Waals surface area contributed by atoms with Gasteiger partial charge in [-0.05, 0) is 37.8 Å². The van der Waals surface area contributed by atoms with Gasteiger partial charge < -0.3 is 9.64 Å². The number of benzene rings is 1. The van der Waals surface area contributed by atoms with E-state index >= 15 is 0 Å². The van der Waals surface area contributed by atoms with Crippen molar-refractivity contribution in [2.24, 2.45) is 0 Å². The van der Waals surface area contributed by atoms with E-state index < -0.39 is 0 Å². The summed E-state index contributed by atoms with van der Waals surface area (Å²) in [4.78, 5) is 15.7. The number of thioether (sulfide) groups is 1. The summed E-state index contributed by atoms with van der Waals surface area (Å²) >= 11 is 1.63. The summed E-state index contributed by atoms with van der Waals surface area (Å²) in [6.07, 6.45) is 4.75. The second-order valence-corrected chi connectivity index (χ2v) is 6.50. The molecule has 0 saturated carbocycles. The van der Waals surface area contributed by atoms with Crippen molar-refractivity contribution in [1.82, 2.24) is 4.90 Å². The van der Waals surface area contributed by atoms with Gasteiger partial charge in [0.2, 0.25) is 5.91 Å². The van der Waals surface area contributed by atoms with Crippen LogP contribution < -0.4 is 0 Å². The van der Waals surface area contributed by atoms with Crippen LogP contribution in [-0.4, -0.2) is 41.9 Å². The molecule has 1 amide bonds. The van der Waals surface area contributed by atoms with Gasteiger partial charge in [0.25, 0.3) is 0 Å². The first kappa shape index (κ1) is 14.0. The molecular weight excluding hydrogens is 270 g/mol. The molecule has 2 heterocycles. The van der Waals surface area contributed by atoms with Gasteiger partial charge in [-0.2, -0.15) is 0 Å². The Morgan fingerprint density at radius 3 is 2.85 bits per heavy atom. The molecule has 0 N–H and O–H groups in total. The van der Waals surface area contributed by atoms with E-state index in [2.05, 4.69) is 17.0 Å². The van der Waals surface area contributed by atoms with Crippen LogP contribution in [0.3, 0.4) is 0 Å². The number of amides is 1. The summed E-state index contributed by atoms with van der Waals surface area (Å²) in [5.74, 6) is 0.796. The van der Waals surface area contributed by atoms with Crippen LogP contribution in [0.15, 0.2) is 35.2 Å². The molecule has 4 heteroatoms. The first-order chi connectivity index (χ1) is 9.84. The quantitative estimate of drug-likeness (QED) is 0.799. The Balaban J connectivity index is 1.55. The number of nitrogens with zero attached hydrogens (tertiary/aromatic N) is 1. The van der Waals surface area contributed by atoms with Gasteiger partial charge in [0.15, 0.2) is 0 Å². The second-order valence-electron chi connectivity index (χ2n) is 5.45. The van der Waals surface area contributed by atoms with Crippen LogP contribution in [-0.2, 0) is 9.53 Å². The fraction of sp³-hybridized carbons (Fsp3) is 0.562. The van der Waals surface area contributed by atoms with Gasteiger partial charge in [-0.3, -0.25) is 4.79 Å². The molecule has 2 aliphatic heterocycles. The maximum absolute atomic E-state index is 12.4. The molecule has 3 nitrogen and oxygen atoms in total. The number of hydrogen-bond donors (Lipinski definition) is 0. The van der Waals surface area contributed by atoms with Gasteiger partial charge in [-0.15, -0.1) is 11.8 Å². The van der Waals surface area contributed by atoms with Gasteiger partial charge in [-0.1, -0.05) is 18.2 Å². The number of likely N-dealkylation sites (tertiary alicyclic amines) is 1. The molecule has 0 radical (unpaired) electrons. The number of rotatable bonds is 4. The van der Waals surface area contributed by atoms with Crippen molar-refractivity contribution in [3.05, 3.63) is 30.3 Å². The van der Waals surface area contributed by atoms with Gasteiger partial charge in [0, 0.05) is 18.0 Å². The molecule has 0 aromatic heterocycles. The minimum atomic E-state index is 0.261. The first-order valence-electron chi connectivity index (χ1n) is 7.43. The van der Waals surface area contributed by atoms with Crippen molar-refractivity contribution in [3.63, 3.8) is 0 Å². The monoisotopic (exact) mass is 291 g/mol. The van der Waals surface area contributed by atoms with Crippen molar-refractivity contribution < 1.29 is 9.53 Å². The Bertz CT molecular complexity index is 445. The fourth-order valence-electron chi connectivity index (χ4n) is 3.14. The van der Waals surface area contributed by atoms with E-state index in [0.29, 0.717) is 11.8 Å². The van der Waals surface area contributed by atoms with E-state index in [4.69, 9.17) is 4.74 Å². The molecular formula is C16H21NO2S. The summed E-state index contributed by atoms with van der Waals surface area (Å²) in [5, 5.41) is 0. The fourth-order valence-corrected chi connectivity index (χ4v) is 3.94. The Morgan fingerprint density at radius 1 is 1.25 bits per heavy atom. The largest absolute Gasteiger partial charge is 0.376 e. The third kappa shape index (κ3) is 3.18. The SMILES string of the molecule is O=C(CSc1ccccc1)N1CCC[C@@H]1[C@@H]1CCCO1. The van der Waals surface area contributed by atoms with Crippen molar-refractivity contribution >= 4 is 17.7 Å². The molecule has 0 aliphatic carbocycles. The molecule has 108 valence electrons. The molecule has 2 fully saturated rings. The number of ether oxygens (including phenoxy) is 1. The molecule has 2 aliphatic rings. The Kier molecular flexibility index (Phi) is 4.63. The average molecular weight is 291 g/mol. The van der Waals surface area contributed by atoms with Crippen LogP contribution in [0, 0.1) is 0 Å². The molecule has 0 bridgehead atoms. The molecule has 1 aromatic carbocycles. The highest BCUT2D eigenvalue weighted by Gasteiger charge is 2.36. The van der Waals surface area contributed by atoms with Gasteiger partial charge in [0.05, 0.1) is 17.9 Å². The molecule has 1 aromatic rings. The van der Waals surface area contributed by atoms with Crippen LogP contribution in [0.5, 0.6) is 0 Å². The lowest BCUT2D eigenvalue weighted by Gasteiger charge is -2.28. The minimum Gasteiger partial charge on any atom is -0.376 e. The highest BCUT2D eigenvalue weighted by atomic mass is 32.2. The van der Waals surface area contributed by atoms with Gasteiger partial charge in [0.1, 0.15) is 0 Å². The zero-order valence-corrected chi connectivity index (χ0v) is 12.5. The molecule has 3 rings (SSSR count). The number of carbonyl (C=O) groups excluding carboxylic acids is 1. The lowest BCUT2D eigenvalue weighted by Crippen LogP contribution is -2.43. The Morgan fingerprint density at radius 2 is 2.10 bits per heavy atom. The molecule has 0 unspecified atom stereocenters. The highest BCUT2D eigenvalue weighted by molar-refractivity contribution is 8.00. The van der Waals surface area contributed by atoms with E-state index in [1.54, 1.807) is 11.8 Å². The van der Waals surface area contributed by atoms with Crippen LogP contribution in [0.4, 0.5) is 0 Å². The standard InChI is InChI=1S/C16H21NO2S/c18-16(12-20-13-6-2-1-3-7-13)17-10-4-8-14(17)15-9-5-11-19-15/h1-3,6-7,14-15H,4-5,8-12H2/t14-,15+/m1/s1. The van der Waals surface area contributed by atoms with Crippen LogP contribution in [0.1, 0.15) is 25.7 Å². The summed E-state index contributed by atoms with van der Waals surface area (Å²) < 4.78 is 5.78. The smallest absolute Gasteiger partial charge is 0.233 e. The zero-order valence-electron chi connectivity index (χ0n) is 11.7. The van der Waals surface area contributed by atoms with Crippen molar-refractivity contribution in [1.29, 1.82) is 0 Å². The maximum atomic E-state index is 12.4. The van der Waals surface area contributed by atoms with E-state index in [0.717, 1.165) is 43.7 Å². The second kappa shape index (κ2) is 6.64. The normalized spacial score (nSPS) is 26.1. The van der Waals surface area contributed by atoms with E-state index in [9.17, 15) is 4.79 Å². The Hall–Kier alpha value is -1.00. The van der Waals surface area contributed by atoms with E-state index in [-0.39, 0.29) is 12.0 Å². The minimum absolute atomic E-state index is 0.261. The van der Waals surface area contributed by atoms with E-state index in [1.807, 2.05) is 18.2 Å². The summed E-state index contributed by atoms with van der Waals surface area (Å²) in [7, 11) is 0. The highest BCUT2D eigenvalue weighted by Crippen LogP contribution is 2.29. The third-order valence-corrected chi connectivity index (χ3v) is 5.12. The average Bonchev–Trinajstić information content (AvgIpc) is 3.15. The van der Waals surface area contributed by atoms with Crippen LogP contribution in [0.25, 0.3) is 0 Å². The van der Waals surface area contributed by atoms with Gasteiger partial charge in [-0.25, -0.2) is 0 Å².